The third-order valence-corrected chi connectivity index (χ3v) is 4.85. The Hall–Kier alpha value is -2.34. The molecule has 0 aliphatic carbocycles. The molecule has 2 aromatic rings. The lowest BCUT2D eigenvalue weighted by molar-refractivity contribution is 0.391. The van der Waals surface area contributed by atoms with Crippen LogP contribution in [0.1, 0.15) is 23.6 Å². The van der Waals surface area contributed by atoms with Gasteiger partial charge in [0, 0.05) is 49.5 Å². The van der Waals surface area contributed by atoms with Gasteiger partial charge in [-0.05, 0) is 46.5 Å². The number of hydrogen-bond donors (Lipinski definition) is 1. The van der Waals surface area contributed by atoms with Crippen molar-refractivity contribution in [3.05, 3.63) is 51.3 Å². The summed E-state index contributed by atoms with van der Waals surface area (Å²) in [6, 6.07) is 8.75. The Kier molecular flexibility index (Phi) is 5.32. The zero-order valence-corrected chi connectivity index (χ0v) is 16.4. The molecule has 1 aromatic carbocycles. The lowest BCUT2D eigenvalue weighted by Crippen LogP contribution is -2.39. The number of hydrogen-bond acceptors (Lipinski definition) is 5. The van der Waals surface area contributed by atoms with Gasteiger partial charge in [-0.15, -0.1) is 0 Å². The number of benzene rings is 1. The highest BCUT2D eigenvalue weighted by atomic mass is 16.1. The topological polar surface area (TPSA) is 53.4 Å². The zero-order valence-electron chi connectivity index (χ0n) is 16.4. The Balaban J connectivity index is 1.89. The molecule has 140 valence electrons. The summed E-state index contributed by atoms with van der Waals surface area (Å²) in [6.45, 7) is 6.66. The van der Waals surface area contributed by atoms with E-state index in [9.17, 15) is 4.79 Å². The Morgan fingerprint density at radius 2 is 1.92 bits per heavy atom. The van der Waals surface area contributed by atoms with E-state index in [1.54, 1.807) is 7.05 Å². The second-order valence-electron chi connectivity index (χ2n) is 7.55. The molecule has 6 nitrogen and oxygen atoms in total. The minimum atomic E-state index is 0.00243. The maximum absolute atomic E-state index is 12.7. The number of fused-ring (bicyclic) bond motifs is 1. The van der Waals surface area contributed by atoms with Crippen LogP contribution in [0.4, 0.5) is 11.5 Å². The molecule has 1 aromatic heterocycles. The summed E-state index contributed by atoms with van der Waals surface area (Å²) < 4.78 is 1.46. The van der Waals surface area contributed by atoms with Gasteiger partial charge >= 0.3 is 0 Å². The monoisotopic (exact) mass is 355 g/mol. The maximum Gasteiger partial charge on any atom is 0.271 e. The van der Waals surface area contributed by atoms with Crippen molar-refractivity contribution in [1.29, 1.82) is 0 Å². The summed E-state index contributed by atoms with van der Waals surface area (Å²) in [7, 11) is 5.85. The first kappa shape index (κ1) is 18.5. The molecule has 1 aliphatic rings. The summed E-state index contributed by atoms with van der Waals surface area (Å²) in [6.07, 6.45) is 0.823. The van der Waals surface area contributed by atoms with Crippen molar-refractivity contribution in [2.24, 2.45) is 7.05 Å². The molecule has 2 heterocycles. The van der Waals surface area contributed by atoms with Gasteiger partial charge in [-0.2, -0.15) is 5.10 Å². The quantitative estimate of drug-likeness (QED) is 0.889. The van der Waals surface area contributed by atoms with Gasteiger partial charge in [0.05, 0.1) is 0 Å². The standard InChI is InChI=1S/C20H29N5O/c1-14-6-8-16(9-7-14)25-11-10-17-18(13-25)20(26)24(5)22-19(17)21-15(2)12-23(3)4/h6-9,15H,10-13H2,1-5H3,(H,21,22). The van der Waals surface area contributed by atoms with Crippen molar-refractivity contribution in [1.82, 2.24) is 14.7 Å². The number of anilines is 2. The van der Waals surface area contributed by atoms with Crippen LogP contribution in [-0.4, -0.2) is 47.9 Å². The van der Waals surface area contributed by atoms with Crippen LogP contribution >= 0.6 is 0 Å². The van der Waals surface area contributed by atoms with Crippen LogP contribution in [0.3, 0.4) is 0 Å². The lowest BCUT2D eigenvalue weighted by atomic mass is 10.0. The highest BCUT2D eigenvalue weighted by Crippen LogP contribution is 2.26. The number of aromatic nitrogens is 2. The van der Waals surface area contributed by atoms with Crippen LogP contribution in [0, 0.1) is 6.92 Å². The molecule has 1 unspecified atom stereocenters. The molecule has 0 fully saturated rings. The Labute approximate surface area is 155 Å². The van der Waals surface area contributed by atoms with Crippen molar-refractivity contribution < 1.29 is 0 Å². The molecule has 0 spiro atoms. The second-order valence-corrected chi connectivity index (χ2v) is 7.55. The van der Waals surface area contributed by atoms with Gasteiger partial charge in [-0.1, -0.05) is 17.7 Å². The van der Waals surface area contributed by atoms with Crippen LogP contribution in [0.15, 0.2) is 29.1 Å². The summed E-state index contributed by atoms with van der Waals surface area (Å²) in [5, 5.41) is 8.00. The largest absolute Gasteiger partial charge is 0.367 e. The molecule has 0 radical (unpaired) electrons. The number of nitrogens with zero attached hydrogens (tertiary/aromatic N) is 4. The highest BCUT2D eigenvalue weighted by molar-refractivity contribution is 5.55. The first-order valence-corrected chi connectivity index (χ1v) is 9.17. The number of rotatable bonds is 5. The Morgan fingerprint density at radius 3 is 2.58 bits per heavy atom. The fourth-order valence-corrected chi connectivity index (χ4v) is 3.59. The Morgan fingerprint density at radius 1 is 1.23 bits per heavy atom. The van der Waals surface area contributed by atoms with Crippen LogP contribution in [0.5, 0.6) is 0 Å². The van der Waals surface area contributed by atoms with E-state index in [4.69, 9.17) is 0 Å². The van der Waals surface area contributed by atoms with Crippen molar-refractivity contribution in [2.75, 3.05) is 37.4 Å². The molecule has 1 atom stereocenters. The van der Waals surface area contributed by atoms with E-state index in [-0.39, 0.29) is 11.6 Å². The van der Waals surface area contributed by atoms with Gasteiger partial charge in [0.2, 0.25) is 0 Å². The van der Waals surface area contributed by atoms with Crippen LogP contribution in [0.25, 0.3) is 0 Å². The lowest BCUT2D eigenvalue weighted by Gasteiger charge is -2.32. The van der Waals surface area contributed by atoms with Gasteiger partial charge in [0.15, 0.2) is 5.82 Å². The normalized spacial score (nSPS) is 15.1. The zero-order chi connectivity index (χ0) is 18.8. The third-order valence-electron chi connectivity index (χ3n) is 4.85. The van der Waals surface area contributed by atoms with Gasteiger partial charge in [-0.3, -0.25) is 4.79 Å². The molecule has 0 bridgehead atoms. The van der Waals surface area contributed by atoms with Crippen molar-refractivity contribution in [3.63, 3.8) is 0 Å². The second kappa shape index (κ2) is 7.50. The smallest absolute Gasteiger partial charge is 0.271 e. The summed E-state index contributed by atoms with van der Waals surface area (Å²) in [5.41, 5.74) is 4.34. The van der Waals surface area contributed by atoms with Gasteiger partial charge in [-0.25, -0.2) is 4.68 Å². The maximum atomic E-state index is 12.7. The van der Waals surface area contributed by atoms with E-state index < -0.39 is 0 Å². The van der Waals surface area contributed by atoms with E-state index in [0.29, 0.717) is 6.54 Å². The van der Waals surface area contributed by atoms with Crippen LogP contribution < -0.4 is 15.8 Å². The molecule has 1 N–H and O–H groups in total. The fourth-order valence-electron chi connectivity index (χ4n) is 3.59. The van der Waals surface area contributed by atoms with Crippen molar-refractivity contribution in [2.45, 2.75) is 32.9 Å². The number of aryl methyl sites for hydroxylation is 2. The van der Waals surface area contributed by atoms with Gasteiger partial charge in [0.25, 0.3) is 5.56 Å². The minimum absolute atomic E-state index is 0.00243. The molecular formula is C20H29N5O. The summed E-state index contributed by atoms with van der Waals surface area (Å²) in [5.74, 6) is 0.847. The minimum Gasteiger partial charge on any atom is -0.367 e. The molecule has 26 heavy (non-hydrogen) atoms. The van der Waals surface area contributed by atoms with Gasteiger partial charge in [0.1, 0.15) is 0 Å². The molecule has 1 aliphatic heterocycles. The first-order valence-electron chi connectivity index (χ1n) is 9.17. The molecule has 3 rings (SSSR count). The predicted octanol–water partition coefficient (Wildman–Crippen LogP) is 2.01. The van der Waals surface area contributed by atoms with E-state index >= 15 is 0 Å². The van der Waals surface area contributed by atoms with E-state index in [1.165, 1.54) is 10.2 Å². The number of likely N-dealkylation sites (N-methyl/N-ethyl adjacent to an activating group) is 1. The van der Waals surface area contributed by atoms with Crippen LogP contribution in [-0.2, 0) is 20.0 Å². The summed E-state index contributed by atoms with van der Waals surface area (Å²) in [4.78, 5) is 17.1. The van der Waals surface area contributed by atoms with E-state index in [0.717, 1.165) is 42.1 Å². The fraction of sp³-hybridized carbons (Fsp3) is 0.500. The summed E-state index contributed by atoms with van der Waals surface area (Å²) >= 11 is 0. The average molecular weight is 355 g/mol. The first-order chi connectivity index (χ1) is 12.3. The molecule has 0 saturated carbocycles. The van der Waals surface area contributed by atoms with E-state index in [2.05, 4.69) is 72.4 Å². The van der Waals surface area contributed by atoms with E-state index in [1.807, 2.05) is 0 Å². The SMILES string of the molecule is Cc1ccc(N2CCc3c(NC(C)CN(C)C)nn(C)c(=O)c3C2)cc1. The number of nitrogens with one attached hydrogen (secondary N) is 1. The predicted molar refractivity (Wildman–Crippen MR) is 107 cm³/mol. The highest BCUT2D eigenvalue weighted by Gasteiger charge is 2.24. The Bertz CT molecular complexity index is 825. The van der Waals surface area contributed by atoms with Crippen molar-refractivity contribution >= 4 is 11.5 Å². The molecule has 0 amide bonds. The molecular weight excluding hydrogens is 326 g/mol. The van der Waals surface area contributed by atoms with Crippen LogP contribution in [0.2, 0.25) is 0 Å². The molecule has 6 heteroatoms. The third kappa shape index (κ3) is 3.90. The van der Waals surface area contributed by atoms with Crippen molar-refractivity contribution in [3.8, 4) is 0 Å². The van der Waals surface area contributed by atoms with Gasteiger partial charge < -0.3 is 15.1 Å². The average Bonchev–Trinajstić information content (AvgIpc) is 2.59. The molecule has 0 saturated heterocycles.